The van der Waals surface area contributed by atoms with E-state index in [0.29, 0.717) is 5.69 Å². The van der Waals surface area contributed by atoms with E-state index in [1.165, 1.54) is 19.1 Å². The molecule has 1 atom stereocenters. The lowest BCUT2D eigenvalue weighted by Gasteiger charge is -2.15. The zero-order valence-corrected chi connectivity index (χ0v) is 17.9. The minimum atomic E-state index is -4.17. The number of carbonyl (C=O) groups is 1. The number of carbonyl (C=O) groups excluding carboxylic acids is 1. The number of hydrogen-bond acceptors (Lipinski definition) is 4. The molecule has 30 heavy (non-hydrogen) atoms. The third kappa shape index (κ3) is 5.05. The Morgan fingerprint density at radius 1 is 1.17 bits per heavy atom. The topological polar surface area (TPSA) is 83.4 Å². The molecule has 0 fully saturated rings. The van der Waals surface area contributed by atoms with Crippen LogP contribution in [-0.2, 0) is 21.4 Å². The molecule has 9 heteroatoms. The number of aromatic nitrogens is 1. The van der Waals surface area contributed by atoms with Gasteiger partial charge in [0.25, 0.3) is 0 Å². The first kappa shape index (κ1) is 21.9. The second kappa shape index (κ2) is 8.95. The first-order valence-electron chi connectivity index (χ1n) is 9.49. The fraction of sp³-hybridized carbons (Fsp3) is 0.286. The van der Waals surface area contributed by atoms with Crippen LogP contribution in [0.2, 0.25) is 0 Å². The number of sulfonamides is 1. The molecule has 1 amide bonds. The summed E-state index contributed by atoms with van der Waals surface area (Å²) in [5, 5.41) is 3.67. The van der Waals surface area contributed by atoms with Crippen molar-refractivity contribution in [1.29, 1.82) is 0 Å². The number of fused-ring (bicyclic) bond motifs is 1. The summed E-state index contributed by atoms with van der Waals surface area (Å²) in [6, 6.07) is 11.4. The van der Waals surface area contributed by atoms with Gasteiger partial charge in [-0.2, -0.15) is 4.72 Å². The van der Waals surface area contributed by atoms with Gasteiger partial charge in [0.1, 0.15) is 10.7 Å². The number of benzene rings is 2. The van der Waals surface area contributed by atoms with Crippen LogP contribution in [0.4, 0.5) is 10.1 Å². The second-order valence-corrected chi connectivity index (χ2v) is 9.03. The summed E-state index contributed by atoms with van der Waals surface area (Å²) in [5.74, 6) is -1.41. The van der Waals surface area contributed by atoms with Gasteiger partial charge in [-0.05, 0) is 57.4 Å². The Bertz CT molecular complexity index is 1160. The third-order valence-corrected chi connectivity index (χ3v) is 6.25. The van der Waals surface area contributed by atoms with Crippen LogP contribution in [0.1, 0.15) is 6.92 Å². The molecule has 2 aromatic carbocycles. The maximum atomic E-state index is 13.8. The highest BCUT2D eigenvalue weighted by molar-refractivity contribution is 7.89. The van der Waals surface area contributed by atoms with Crippen LogP contribution in [0, 0.1) is 5.82 Å². The lowest BCUT2D eigenvalue weighted by atomic mass is 10.2. The SMILES string of the molecule is C[C@H](NS(=O)(=O)c1ccccc1F)C(=O)Nc1ccc2c(ccn2CCN(C)C)c1. The highest BCUT2D eigenvalue weighted by atomic mass is 32.2. The van der Waals surface area contributed by atoms with Crippen LogP contribution < -0.4 is 10.0 Å². The Labute approximate surface area is 175 Å². The minimum absolute atomic E-state index is 0.495. The quantitative estimate of drug-likeness (QED) is 0.573. The van der Waals surface area contributed by atoms with E-state index in [-0.39, 0.29) is 0 Å². The van der Waals surface area contributed by atoms with E-state index in [0.717, 1.165) is 36.1 Å². The number of anilines is 1. The van der Waals surface area contributed by atoms with Gasteiger partial charge in [0, 0.05) is 35.9 Å². The fourth-order valence-electron chi connectivity index (χ4n) is 3.04. The summed E-state index contributed by atoms with van der Waals surface area (Å²) in [7, 11) is -0.136. The Balaban J connectivity index is 1.69. The molecule has 7 nitrogen and oxygen atoms in total. The van der Waals surface area contributed by atoms with E-state index in [1.54, 1.807) is 6.07 Å². The van der Waals surface area contributed by atoms with Crippen LogP contribution in [0.5, 0.6) is 0 Å². The van der Waals surface area contributed by atoms with Crippen molar-refractivity contribution >= 4 is 32.5 Å². The van der Waals surface area contributed by atoms with E-state index in [9.17, 15) is 17.6 Å². The first-order chi connectivity index (χ1) is 14.2. The van der Waals surface area contributed by atoms with Crippen LogP contribution >= 0.6 is 0 Å². The number of halogens is 1. The average Bonchev–Trinajstić information content (AvgIpc) is 3.08. The first-order valence-corrected chi connectivity index (χ1v) is 11.0. The molecule has 0 bridgehead atoms. The van der Waals surface area contributed by atoms with Crippen molar-refractivity contribution in [3.05, 3.63) is 60.5 Å². The van der Waals surface area contributed by atoms with Crippen molar-refractivity contribution in [1.82, 2.24) is 14.2 Å². The summed E-state index contributed by atoms with van der Waals surface area (Å²) in [4.78, 5) is 14.1. The molecule has 1 heterocycles. The maximum Gasteiger partial charge on any atom is 0.244 e. The van der Waals surface area contributed by atoms with Crippen molar-refractivity contribution in [2.45, 2.75) is 24.4 Å². The number of rotatable bonds is 8. The lowest BCUT2D eigenvalue weighted by molar-refractivity contribution is -0.117. The molecule has 0 saturated heterocycles. The predicted molar refractivity (Wildman–Crippen MR) is 115 cm³/mol. The van der Waals surface area contributed by atoms with Crippen molar-refractivity contribution in [3.63, 3.8) is 0 Å². The zero-order valence-electron chi connectivity index (χ0n) is 17.1. The van der Waals surface area contributed by atoms with Gasteiger partial charge in [0.2, 0.25) is 15.9 Å². The minimum Gasteiger partial charge on any atom is -0.346 e. The van der Waals surface area contributed by atoms with Crippen LogP contribution in [-0.4, -0.2) is 50.5 Å². The molecule has 0 saturated carbocycles. The van der Waals surface area contributed by atoms with E-state index in [4.69, 9.17) is 0 Å². The molecule has 0 aliphatic heterocycles. The summed E-state index contributed by atoms with van der Waals surface area (Å²) in [6.07, 6.45) is 1.99. The Morgan fingerprint density at radius 2 is 1.90 bits per heavy atom. The van der Waals surface area contributed by atoms with Gasteiger partial charge in [-0.15, -0.1) is 0 Å². The summed E-state index contributed by atoms with van der Waals surface area (Å²) < 4.78 is 42.9. The largest absolute Gasteiger partial charge is 0.346 e. The van der Waals surface area contributed by atoms with Gasteiger partial charge in [-0.25, -0.2) is 12.8 Å². The molecule has 2 N–H and O–H groups in total. The maximum absolute atomic E-state index is 13.8. The molecule has 0 spiro atoms. The number of amides is 1. The molecule has 3 rings (SSSR count). The number of hydrogen-bond donors (Lipinski definition) is 2. The monoisotopic (exact) mass is 432 g/mol. The molecular formula is C21H25FN4O3S. The Hall–Kier alpha value is -2.75. The van der Waals surface area contributed by atoms with Gasteiger partial charge >= 0.3 is 0 Å². The number of nitrogens with one attached hydrogen (secondary N) is 2. The molecule has 1 aromatic heterocycles. The fourth-order valence-corrected chi connectivity index (χ4v) is 4.33. The zero-order chi connectivity index (χ0) is 21.9. The molecule has 0 aliphatic rings. The molecular weight excluding hydrogens is 407 g/mol. The van der Waals surface area contributed by atoms with Gasteiger partial charge in [0.05, 0.1) is 6.04 Å². The predicted octanol–water partition coefficient (Wildman–Crippen LogP) is 2.65. The van der Waals surface area contributed by atoms with Gasteiger partial charge < -0.3 is 14.8 Å². The second-order valence-electron chi connectivity index (χ2n) is 7.35. The van der Waals surface area contributed by atoms with E-state index in [2.05, 4.69) is 19.5 Å². The van der Waals surface area contributed by atoms with Crippen LogP contribution in [0.3, 0.4) is 0 Å². The smallest absolute Gasteiger partial charge is 0.244 e. The third-order valence-electron chi connectivity index (χ3n) is 4.68. The molecule has 0 unspecified atom stereocenters. The summed E-state index contributed by atoms with van der Waals surface area (Å²) in [6.45, 7) is 3.16. The summed E-state index contributed by atoms with van der Waals surface area (Å²) >= 11 is 0. The van der Waals surface area contributed by atoms with Crippen molar-refractivity contribution in [2.24, 2.45) is 0 Å². The van der Waals surface area contributed by atoms with Crippen molar-refractivity contribution < 1.29 is 17.6 Å². The molecule has 160 valence electrons. The van der Waals surface area contributed by atoms with E-state index in [1.807, 2.05) is 38.5 Å². The van der Waals surface area contributed by atoms with Crippen molar-refractivity contribution in [3.8, 4) is 0 Å². The molecule has 3 aromatic rings. The van der Waals surface area contributed by atoms with Gasteiger partial charge in [-0.1, -0.05) is 12.1 Å². The summed E-state index contributed by atoms with van der Waals surface area (Å²) in [5.41, 5.74) is 1.60. The van der Waals surface area contributed by atoms with E-state index >= 15 is 0 Å². The van der Waals surface area contributed by atoms with Crippen molar-refractivity contribution in [2.75, 3.05) is 26.0 Å². The molecule has 0 radical (unpaired) electrons. The standard InChI is InChI=1S/C21H25FN4O3S/c1-15(24-30(28,29)20-7-5-4-6-18(20)22)21(27)23-17-8-9-19-16(14-17)10-11-26(19)13-12-25(2)3/h4-11,14-15,24H,12-13H2,1-3H3,(H,23,27)/t15-/m0/s1. The Morgan fingerprint density at radius 3 is 2.60 bits per heavy atom. The normalized spacial score (nSPS) is 13.0. The average molecular weight is 433 g/mol. The van der Waals surface area contributed by atoms with Gasteiger partial charge in [0.15, 0.2) is 0 Å². The molecule has 0 aliphatic carbocycles. The van der Waals surface area contributed by atoms with E-state index < -0.39 is 32.7 Å². The highest BCUT2D eigenvalue weighted by Gasteiger charge is 2.24. The highest BCUT2D eigenvalue weighted by Crippen LogP contribution is 2.21. The lowest BCUT2D eigenvalue weighted by Crippen LogP contribution is -2.41. The van der Waals surface area contributed by atoms with Gasteiger partial charge in [-0.3, -0.25) is 4.79 Å². The van der Waals surface area contributed by atoms with Crippen LogP contribution in [0.25, 0.3) is 10.9 Å². The Kier molecular flexibility index (Phi) is 6.55. The number of likely N-dealkylation sites (N-methyl/N-ethyl adjacent to an activating group) is 1. The van der Waals surface area contributed by atoms with Crippen LogP contribution in [0.15, 0.2) is 59.6 Å². The number of nitrogens with zero attached hydrogens (tertiary/aromatic N) is 2.